The minimum atomic E-state index is -4.02. The third-order valence-corrected chi connectivity index (χ3v) is 4.28. The van der Waals surface area contributed by atoms with Crippen molar-refractivity contribution in [2.45, 2.75) is 24.7 Å². The standard InChI is InChI=1S/C7H8O3S.C7H10OS/c1-6-2-4-7(5-3-6)11(8,9)10;8-5-1-3-7-4-2-6-9-7/h2-5H,1H3,(H,8,9,10);2,4,6,8H,1,3,5H2. The van der Waals surface area contributed by atoms with Gasteiger partial charge in [0.1, 0.15) is 0 Å². The maximum atomic E-state index is 10.5. The second-order valence-corrected chi connectivity index (χ2v) is 6.65. The lowest BCUT2D eigenvalue weighted by atomic mass is 10.2. The van der Waals surface area contributed by atoms with E-state index in [2.05, 4.69) is 11.4 Å². The van der Waals surface area contributed by atoms with Crippen molar-refractivity contribution >= 4 is 21.5 Å². The SMILES string of the molecule is Cc1ccc(S(=O)(=O)O)cc1.OCCCc1cccs1. The Morgan fingerprint density at radius 2 is 1.80 bits per heavy atom. The van der Waals surface area contributed by atoms with Crippen LogP contribution in [0.2, 0.25) is 0 Å². The van der Waals surface area contributed by atoms with E-state index < -0.39 is 10.1 Å². The highest BCUT2D eigenvalue weighted by Crippen LogP contribution is 2.10. The highest BCUT2D eigenvalue weighted by molar-refractivity contribution is 7.85. The molecule has 2 aromatic rings. The molecule has 110 valence electrons. The topological polar surface area (TPSA) is 74.6 Å². The van der Waals surface area contributed by atoms with Crippen molar-refractivity contribution in [3.63, 3.8) is 0 Å². The average molecular weight is 314 g/mol. The normalized spacial score (nSPS) is 10.8. The van der Waals surface area contributed by atoms with E-state index in [1.807, 2.05) is 13.0 Å². The summed E-state index contributed by atoms with van der Waals surface area (Å²) in [5.74, 6) is 0. The number of aliphatic hydroxyl groups excluding tert-OH is 1. The molecule has 0 unspecified atom stereocenters. The molecule has 4 nitrogen and oxygen atoms in total. The van der Waals surface area contributed by atoms with Crippen LogP contribution in [-0.2, 0) is 16.5 Å². The first kappa shape index (κ1) is 16.8. The van der Waals surface area contributed by atoms with Gasteiger partial charge in [0.15, 0.2) is 0 Å². The van der Waals surface area contributed by atoms with Crippen LogP contribution in [0, 0.1) is 6.92 Å². The highest BCUT2D eigenvalue weighted by atomic mass is 32.2. The van der Waals surface area contributed by atoms with Gasteiger partial charge in [-0.15, -0.1) is 11.3 Å². The van der Waals surface area contributed by atoms with E-state index in [0.29, 0.717) is 6.61 Å². The van der Waals surface area contributed by atoms with Gasteiger partial charge in [0.05, 0.1) is 4.90 Å². The van der Waals surface area contributed by atoms with Gasteiger partial charge in [0.2, 0.25) is 0 Å². The third-order valence-electron chi connectivity index (χ3n) is 2.48. The third kappa shape index (κ3) is 6.29. The number of aliphatic hydroxyl groups is 1. The molecule has 0 atom stereocenters. The van der Waals surface area contributed by atoms with Crippen molar-refractivity contribution in [3.8, 4) is 0 Å². The van der Waals surface area contributed by atoms with E-state index in [-0.39, 0.29) is 4.90 Å². The molecule has 1 aromatic carbocycles. The van der Waals surface area contributed by atoms with Gasteiger partial charge in [-0.25, -0.2) is 0 Å². The molecular formula is C14H18O4S2. The summed E-state index contributed by atoms with van der Waals surface area (Å²) in [7, 11) is -4.02. The summed E-state index contributed by atoms with van der Waals surface area (Å²) in [4.78, 5) is 1.30. The predicted octanol–water partition coefficient (Wildman–Crippen LogP) is 2.91. The smallest absolute Gasteiger partial charge is 0.294 e. The fourth-order valence-electron chi connectivity index (χ4n) is 1.42. The summed E-state index contributed by atoms with van der Waals surface area (Å²) >= 11 is 1.75. The van der Waals surface area contributed by atoms with Gasteiger partial charge in [-0.2, -0.15) is 8.42 Å². The molecule has 2 N–H and O–H groups in total. The Morgan fingerprint density at radius 3 is 2.25 bits per heavy atom. The lowest BCUT2D eigenvalue weighted by Crippen LogP contribution is -1.96. The fraction of sp³-hybridized carbons (Fsp3) is 0.286. The van der Waals surface area contributed by atoms with Gasteiger partial charge in [-0.1, -0.05) is 23.8 Å². The van der Waals surface area contributed by atoms with Crippen molar-refractivity contribution in [2.24, 2.45) is 0 Å². The molecule has 1 heterocycles. The second kappa shape index (κ2) is 8.16. The molecule has 0 aliphatic heterocycles. The molecule has 0 aliphatic carbocycles. The van der Waals surface area contributed by atoms with Crippen LogP contribution in [0.4, 0.5) is 0 Å². The van der Waals surface area contributed by atoms with Crippen molar-refractivity contribution in [1.29, 1.82) is 0 Å². The lowest BCUT2D eigenvalue weighted by Gasteiger charge is -1.95. The first-order chi connectivity index (χ1) is 9.43. The molecular weight excluding hydrogens is 296 g/mol. The highest BCUT2D eigenvalue weighted by Gasteiger charge is 2.06. The van der Waals surface area contributed by atoms with Crippen LogP contribution in [0.25, 0.3) is 0 Å². The van der Waals surface area contributed by atoms with Crippen LogP contribution < -0.4 is 0 Å². The van der Waals surface area contributed by atoms with Gasteiger partial charge in [-0.3, -0.25) is 4.55 Å². The van der Waals surface area contributed by atoms with Gasteiger partial charge in [0.25, 0.3) is 10.1 Å². The van der Waals surface area contributed by atoms with Crippen LogP contribution in [0.3, 0.4) is 0 Å². The monoisotopic (exact) mass is 314 g/mol. The Labute approximate surface area is 123 Å². The number of rotatable bonds is 4. The van der Waals surface area contributed by atoms with Gasteiger partial charge in [-0.05, 0) is 43.3 Å². The van der Waals surface area contributed by atoms with Crippen LogP contribution in [0.5, 0.6) is 0 Å². The molecule has 0 saturated carbocycles. The maximum absolute atomic E-state index is 10.5. The van der Waals surface area contributed by atoms with E-state index in [9.17, 15) is 8.42 Å². The van der Waals surface area contributed by atoms with E-state index in [0.717, 1.165) is 18.4 Å². The average Bonchev–Trinajstić information content (AvgIpc) is 2.89. The van der Waals surface area contributed by atoms with Crippen LogP contribution in [-0.4, -0.2) is 24.7 Å². The molecule has 0 saturated heterocycles. The Hall–Kier alpha value is -1.21. The van der Waals surface area contributed by atoms with E-state index in [1.165, 1.54) is 17.0 Å². The van der Waals surface area contributed by atoms with Gasteiger partial charge >= 0.3 is 0 Å². The van der Waals surface area contributed by atoms with Crippen LogP contribution >= 0.6 is 11.3 Å². The molecule has 0 amide bonds. The van der Waals surface area contributed by atoms with E-state index in [4.69, 9.17) is 9.66 Å². The molecule has 0 radical (unpaired) electrons. The van der Waals surface area contributed by atoms with Crippen molar-refractivity contribution in [3.05, 3.63) is 52.2 Å². The summed E-state index contributed by atoms with van der Waals surface area (Å²) < 4.78 is 29.6. The number of aryl methyl sites for hydroxylation is 2. The minimum Gasteiger partial charge on any atom is -0.396 e. The maximum Gasteiger partial charge on any atom is 0.294 e. The summed E-state index contributed by atoms with van der Waals surface area (Å²) in [5, 5.41) is 10.5. The zero-order valence-corrected chi connectivity index (χ0v) is 12.8. The first-order valence-electron chi connectivity index (χ1n) is 6.11. The van der Waals surface area contributed by atoms with Crippen LogP contribution in [0.15, 0.2) is 46.7 Å². The molecule has 1 aromatic heterocycles. The van der Waals surface area contributed by atoms with Crippen LogP contribution in [0.1, 0.15) is 16.9 Å². The quantitative estimate of drug-likeness (QED) is 0.851. The Balaban J connectivity index is 0.000000204. The number of benzene rings is 1. The largest absolute Gasteiger partial charge is 0.396 e. The Kier molecular flexibility index (Phi) is 6.87. The van der Waals surface area contributed by atoms with E-state index >= 15 is 0 Å². The zero-order chi connectivity index (χ0) is 15.0. The zero-order valence-electron chi connectivity index (χ0n) is 11.2. The van der Waals surface area contributed by atoms with Crippen molar-refractivity contribution in [1.82, 2.24) is 0 Å². The fourth-order valence-corrected chi connectivity index (χ4v) is 2.65. The van der Waals surface area contributed by atoms with Gasteiger partial charge < -0.3 is 5.11 Å². The predicted molar refractivity (Wildman–Crippen MR) is 80.7 cm³/mol. The molecule has 2 rings (SSSR count). The number of thiophene rings is 1. The Bertz CT molecular complexity index is 587. The molecule has 0 fully saturated rings. The molecule has 20 heavy (non-hydrogen) atoms. The molecule has 0 bridgehead atoms. The summed E-state index contributed by atoms with van der Waals surface area (Å²) in [6.45, 7) is 2.14. The van der Waals surface area contributed by atoms with Crippen molar-refractivity contribution in [2.75, 3.05) is 6.61 Å². The van der Waals surface area contributed by atoms with E-state index in [1.54, 1.807) is 23.5 Å². The molecule has 0 aliphatic rings. The summed E-state index contributed by atoms with van der Waals surface area (Å²) in [6, 6.07) is 10.1. The van der Waals surface area contributed by atoms with Gasteiger partial charge in [0, 0.05) is 11.5 Å². The summed E-state index contributed by atoms with van der Waals surface area (Å²) in [6.07, 6.45) is 1.91. The minimum absolute atomic E-state index is 0.0666. The number of hydrogen-bond donors (Lipinski definition) is 2. The lowest BCUT2D eigenvalue weighted by molar-refractivity contribution is 0.289. The Morgan fingerprint density at radius 1 is 1.15 bits per heavy atom. The molecule has 0 spiro atoms. The first-order valence-corrected chi connectivity index (χ1v) is 8.43. The number of hydrogen-bond acceptors (Lipinski definition) is 4. The van der Waals surface area contributed by atoms with Crippen molar-refractivity contribution < 1.29 is 18.1 Å². The second-order valence-electron chi connectivity index (χ2n) is 4.19. The summed E-state index contributed by atoms with van der Waals surface area (Å²) in [5.41, 5.74) is 0.956. The molecule has 6 heteroatoms.